The maximum atomic E-state index is 12.1. The highest BCUT2D eigenvalue weighted by Crippen LogP contribution is 2.10. The van der Waals surface area contributed by atoms with Gasteiger partial charge in [0.2, 0.25) is 5.91 Å². The fourth-order valence-electron chi connectivity index (χ4n) is 1.89. The average molecular weight is 263 g/mol. The molecular formula is C15H21NO3. The van der Waals surface area contributed by atoms with Crippen molar-refractivity contribution >= 4 is 11.9 Å². The maximum Gasteiger partial charge on any atom is 0.310 e. The third-order valence-electron chi connectivity index (χ3n) is 3.18. The zero-order chi connectivity index (χ0) is 14.4. The van der Waals surface area contributed by atoms with Gasteiger partial charge in [0.1, 0.15) is 0 Å². The molecule has 4 heteroatoms. The topological polar surface area (TPSA) is 46.6 Å². The van der Waals surface area contributed by atoms with E-state index in [2.05, 4.69) is 4.74 Å². The monoisotopic (exact) mass is 263 g/mol. The molecule has 1 aromatic carbocycles. The summed E-state index contributed by atoms with van der Waals surface area (Å²) in [5, 5.41) is 0. The molecule has 0 radical (unpaired) electrons. The summed E-state index contributed by atoms with van der Waals surface area (Å²) < 4.78 is 4.65. The number of ether oxygens (including phenoxy) is 1. The fourth-order valence-corrected chi connectivity index (χ4v) is 1.89. The van der Waals surface area contributed by atoms with E-state index in [-0.39, 0.29) is 17.8 Å². The van der Waals surface area contributed by atoms with Gasteiger partial charge >= 0.3 is 5.97 Å². The van der Waals surface area contributed by atoms with E-state index in [0.717, 1.165) is 11.1 Å². The Bertz CT molecular complexity index is 456. The molecule has 0 aliphatic rings. The molecule has 0 aliphatic heterocycles. The van der Waals surface area contributed by atoms with Gasteiger partial charge in [0.05, 0.1) is 19.4 Å². The minimum atomic E-state index is -0.309. The van der Waals surface area contributed by atoms with E-state index < -0.39 is 0 Å². The Labute approximate surface area is 114 Å². The SMILES string of the molecule is COC(=O)C(C)CN(C)C(=O)Cc1ccccc1C. The van der Waals surface area contributed by atoms with Crippen molar-refractivity contribution in [2.24, 2.45) is 5.92 Å². The molecule has 1 aromatic rings. The third-order valence-corrected chi connectivity index (χ3v) is 3.18. The number of hydrogen-bond donors (Lipinski definition) is 0. The molecule has 19 heavy (non-hydrogen) atoms. The van der Waals surface area contributed by atoms with Crippen LogP contribution >= 0.6 is 0 Å². The highest BCUT2D eigenvalue weighted by atomic mass is 16.5. The van der Waals surface area contributed by atoms with Gasteiger partial charge in [-0.2, -0.15) is 0 Å². The molecule has 0 aromatic heterocycles. The Morgan fingerprint density at radius 1 is 1.32 bits per heavy atom. The standard InChI is InChI=1S/C15H21NO3/c1-11-7-5-6-8-13(11)9-14(17)16(3)10-12(2)15(18)19-4/h5-8,12H,9-10H2,1-4H3. The molecule has 0 N–H and O–H groups in total. The Kier molecular flexibility index (Phi) is 5.55. The van der Waals surface area contributed by atoms with Crippen LogP contribution in [0, 0.1) is 12.8 Å². The number of esters is 1. The second-order valence-electron chi connectivity index (χ2n) is 4.80. The van der Waals surface area contributed by atoms with E-state index in [9.17, 15) is 9.59 Å². The summed E-state index contributed by atoms with van der Waals surface area (Å²) in [6, 6.07) is 7.81. The van der Waals surface area contributed by atoms with Gasteiger partial charge in [-0.25, -0.2) is 0 Å². The lowest BCUT2D eigenvalue weighted by Crippen LogP contribution is -2.35. The minimum Gasteiger partial charge on any atom is -0.469 e. The summed E-state index contributed by atoms with van der Waals surface area (Å²) in [6.45, 7) is 4.11. The quantitative estimate of drug-likeness (QED) is 0.761. The number of rotatable bonds is 5. The predicted octanol–water partition coefficient (Wildman–Crippen LogP) is 1.81. The molecule has 0 bridgehead atoms. The number of hydrogen-bond acceptors (Lipinski definition) is 3. The van der Waals surface area contributed by atoms with Crippen molar-refractivity contribution in [3.05, 3.63) is 35.4 Å². The second kappa shape index (κ2) is 6.92. The summed E-state index contributed by atoms with van der Waals surface area (Å²) in [5.74, 6) is -0.601. The third kappa shape index (κ3) is 4.39. The van der Waals surface area contributed by atoms with Crippen LogP contribution in [0.2, 0.25) is 0 Å². The van der Waals surface area contributed by atoms with Gasteiger partial charge < -0.3 is 9.64 Å². The van der Waals surface area contributed by atoms with E-state index in [1.165, 1.54) is 7.11 Å². The lowest BCUT2D eigenvalue weighted by Gasteiger charge is -2.20. The van der Waals surface area contributed by atoms with Crippen molar-refractivity contribution in [2.45, 2.75) is 20.3 Å². The predicted molar refractivity (Wildman–Crippen MR) is 73.7 cm³/mol. The molecule has 4 nitrogen and oxygen atoms in total. The molecule has 0 fully saturated rings. The summed E-state index contributed by atoms with van der Waals surface area (Å²) >= 11 is 0. The van der Waals surface area contributed by atoms with Gasteiger partial charge in [0.15, 0.2) is 0 Å². The number of aryl methyl sites for hydroxylation is 1. The van der Waals surface area contributed by atoms with Crippen LogP contribution in [0.15, 0.2) is 24.3 Å². The summed E-state index contributed by atoms with van der Waals surface area (Å²) in [4.78, 5) is 25.0. The van der Waals surface area contributed by atoms with Crippen LogP contribution < -0.4 is 0 Å². The number of likely N-dealkylation sites (N-methyl/N-ethyl adjacent to an activating group) is 1. The molecule has 0 spiro atoms. The zero-order valence-corrected chi connectivity index (χ0v) is 12.0. The summed E-state index contributed by atoms with van der Waals surface area (Å²) in [6.07, 6.45) is 0.358. The van der Waals surface area contributed by atoms with E-state index >= 15 is 0 Å². The van der Waals surface area contributed by atoms with E-state index in [1.54, 1.807) is 18.9 Å². The normalized spacial score (nSPS) is 11.8. The van der Waals surface area contributed by atoms with E-state index in [0.29, 0.717) is 13.0 Å². The van der Waals surface area contributed by atoms with Gasteiger partial charge in [-0.15, -0.1) is 0 Å². The second-order valence-corrected chi connectivity index (χ2v) is 4.80. The first-order valence-electron chi connectivity index (χ1n) is 6.32. The van der Waals surface area contributed by atoms with Crippen LogP contribution in [0.25, 0.3) is 0 Å². The number of amides is 1. The number of carbonyl (C=O) groups excluding carboxylic acids is 2. The lowest BCUT2D eigenvalue weighted by molar-refractivity contribution is -0.146. The van der Waals surface area contributed by atoms with Crippen LogP contribution in [0.1, 0.15) is 18.1 Å². The van der Waals surface area contributed by atoms with Crippen molar-refractivity contribution in [1.29, 1.82) is 0 Å². The van der Waals surface area contributed by atoms with Crippen LogP contribution in [-0.2, 0) is 20.7 Å². The van der Waals surface area contributed by atoms with Gasteiger partial charge in [-0.05, 0) is 18.1 Å². The Balaban J connectivity index is 2.59. The maximum absolute atomic E-state index is 12.1. The molecule has 1 unspecified atom stereocenters. The van der Waals surface area contributed by atoms with Crippen molar-refractivity contribution < 1.29 is 14.3 Å². The minimum absolute atomic E-state index is 0.00468. The van der Waals surface area contributed by atoms with Crippen molar-refractivity contribution in [1.82, 2.24) is 4.90 Å². The first-order chi connectivity index (χ1) is 8.95. The summed E-state index contributed by atoms with van der Waals surface area (Å²) in [7, 11) is 3.06. The number of carbonyl (C=O) groups is 2. The van der Waals surface area contributed by atoms with Crippen molar-refractivity contribution in [3.8, 4) is 0 Å². The van der Waals surface area contributed by atoms with E-state index in [1.807, 2.05) is 31.2 Å². The molecule has 0 heterocycles. The first-order valence-corrected chi connectivity index (χ1v) is 6.32. The van der Waals surface area contributed by atoms with Gasteiger partial charge in [-0.1, -0.05) is 31.2 Å². The molecule has 0 aliphatic carbocycles. The molecule has 0 saturated heterocycles. The largest absolute Gasteiger partial charge is 0.469 e. The first kappa shape index (κ1) is 15.2. The highest BCUT2D eigenvalue weighted by molar-refractivity contribution is 5.80. The van der Waals surface area contributed by atoms with Crippen LogP contribution in [0.4, 0.5) is 0 Å². The smallest absolute Gasteiger partial charge is 0.310 e. The van der Waals surface area contributed by atoms with Crippen LogP contribution in [0.3, 0.4) is 0 Å². The summed E-state index contributed by atoms with van der Waals surface area (Å²) in [5.41, 5.74) is 2.12. The fraction of sp³-hybridized carbons (Fsp3) is 0.467. The van der Waals surface area contributed by atoms with Crippen LogP contribution in [0.5, 0.6) is 0 Å². The molecule has 104 valence electrons. The Hall–Kier alpha value is -1.84. The molecule has 1 rings (SSSR count). The lowest BCUT2D eigenvalue weighted by atomic mass is 10.0. The van der Waals surface area contributed by atoms with Gasteiger partial charge in [-0.3, -0.25) is 9.59 Å². The number of benzene rings is 1. The van der Waals surface area contributed by atoms with E-state index in [4.69, 9.17) is 0 Å². The highest BCUT2D eigenvalue weighted by Gasteiger charge is 2.19. The Morgan fingerprint density at radius 3 is 2.53 bits per heavy atom. The molecular weight excluding hydrogens is 242 g/mol. The van der Waals surface area contributed by atoms with Crippen LogP contribution in [-0.4, -0.2) is 37.5 Å². The number of methoxy groups -OCH3 is 1. The zero-order valence-electron chi connectivity index (χ0n) is 12.0. The van der Waals surface area contributed by atoms with Gasteiger partial charge in [0.25, 0.3) is 0 Å². The molecule has 1 atom stereocenters. The molecule has 1 amide bonds. The average Bonchev–Trinajstić information content (AvgIpc) is 2.40. The molecule has 0 saturated carbocycles. The van der Waals surface area contributed by atoms with Crippen molar-refractivity contribution in [3.63, 3.8) is 0 Å². The number of nitrogens with zero attached hydrogens (tertiary/aromatic N) is 1. The van der Waals surface area contributed by atoms with Crippen molar-refractivity contribution in [2.75, 3.05) is 20.7 Å². The van der Waals surface area contributed by atoms with Gasteiger partial charge in [0, 0.05) is 13.6 Å². The Morgan fingerprint density at radius 2 is 1.95 bits per heavy atom.